The Hall–Kier alpha value is -3.48. The second-order valence-electron chi connectivity index (χ2n) is 21.4. The Morgan fingerprint density at radius 1 is 1.00 bits per heavy atom. The van der Waals surface area contributed by atoms with E-state index in [1.165, 1.54) is 43.0 Å². The third-order valence-electron chi connectivity index (χ3n) is 15.2. The molecular formula is C50H83FN6O14. The highest BCUT2D eigenvalue weighted by Crippen LogP contribution is 2.40. The van der Waals surface area contributed by atoms with Crippen LogP contribution in [0.3, 0.4) is 0 Å². The van der Waals surface area contributed by atoms with Crippen LogP contribution in [0.25, 0.3) is 0 Å². The fraction of sp³-hybridized carbons (Fsp3) is 0.820. The van der Waals surface area contributed by atoms with E-state index in [9.17, 15) is 39.7 Å². The summed E-state index contributed by atoms with van der Waals surface area (Å²) >= 11 is 0. The molecule has 20 nitrogen and oxygen atoms in total. The number of halogens is 1. The number of hydrogen-bond acceptors (Lipinski definition) is 18. The molecule has 4 N–H and O–H groups in total. The lowest BCUT2D eigenvalue weighted by Crippen LogP contribution is -2.59. The van der Waals surface area contributed by atoms with E-state index in [0.717, 1.165) is 0 Å². The van der Waals surface area contributed by atoms with Gasteiger partial charge in [-0.3, -0.25) is 14.9 Å². The number of hydrogen-bond donors (Lipinski definition) is 4. The number of carbonyl (C=O) groups is 1. The summed E-state index contributed by atoms with van der Waals surface area (Å²) in [7, 11) is 5.36. The number of esters is 1. The molecule has 3 fully saturated rings. The molecule has 4 heterocycles. The molecular weight excluding hydrogens is 928 g/mol. The first-order chi connectivity index (χ1) is 33.2. The van der Waals surface area contributed by atoms with Gasteiger partial charge in [0.1, 0.15) is 36.3 Å². The number of rotatable bonds is 16. The molecule has 0 saturated carbocycles. The Morgan fingerprint density at radius 2 is 1.68 bits per heavy atom. The highest BCUT2D eigenvalue weighted by molar-refractivity contribution is 5.73. The molecule has 1 aromatic heterocycles. The number of likely N-dealkylation sites (N-methyl/N-ethyl adjacent to an activating group) is 2. The predicted molar refractivity (Wildman–Crippen MR) is 259 cm³/mol. The van der Waals surface area contributed by atoms with Crippen molar-refractivity contribution in [3.05, 3.63) is 46.3 Å². The average Bonchev–Trinajstić information content (AvgIpc) is 3.76. The van der Waals surface area contributed by atoms with Gasteiger partial charge in [-0.25, -0.2) is 9.07 Å². The van der Waals surface area contributed by atoms with E-state index in [1.54, 1.807) is 47.7 Å². The van der Waals surface area contributed by atoms with Crippen molar-refractivity contribution < 1.29 is 67.7 Å². The summed E-state index contributed by atoms with van der Waals surface area (Å²) in [5, 5.41) is 66.7. The van der Waals surface area contributed by atoms with Crippen molar-refractivity contribution in [3.63, 3.8) is 0 Å². The first kappa shape index (κ1) is 58.4. The van der Waals surface area contributed by atoms with Gasteiger partial charge in [-0.15, -0.1) is 5.10 Å². The minimum atomic E-state index is -1.83. The Kier molecular flexibility index (Phi) is 20.3. The standard InChI is InChI=1S/C50H83FN6O14/c1-14-40-50(10,62)44(58)33(6)55(12)25-29(2)23-48(8,61)46(31(4)43(32(5)47(60)69-40)70-42-24-49(9,65-13)45(59)34(7)68-42)71-41-22-38(21-30(3)67-41)54(11)20-19-36-27-56(53-52-36)26-35(51)28-66-39-17-15-37(16-18-39)57(63)64/h15-18,27,29-35,38,40-46,58-59,61-62H,14,19-26,28H2,1-13H3/t29-,30-,31+,32-,33-,34+,35-,38+,40-,41+,42+,43+,44-,45+,46-,48-,49-,50-/m1/s1. The number of alkyl halides is 1. The van der Waals surface area contributed by atoms with Crippen LogP contribution in [-0.2, 0) is 46.2 Å². The average molecular weight is 1010 g/mol. The largest absolute Gasteiger partial charge is 0.490 e. The lowest BCUT2D eigenvalue weighted by atomic mass is 9.77. The summed E-state index contributed by atoms with van der Waals surface area (Å²) in [6, 6.07) is 4.85. The van der Waals surface area contributed by atoms with Crippen molar-refractivity contribution in [2.75, 3.05) is 40.9 Å². The lowest BCUT2D eigenvalue weighted by Gasteiger charge is -2.48. The molecule has 0 aliphatic carbocycles. The molecule has 3 saturated heterocycles. The summed E-state index contributed by atoms with van der Waals surface area (Å²) in [4.78, 5) is 29.0. The third-order valence-corrected chi connectivity index (χ3v) is 15.2. The van der Waals surface area contributed by atoms with E-state index >= 15 is 0 Å². The molecule has 3 aliphatic rings. The number of cyclic esters (lactones) is 1. The molecule has 0 radical (unpaired) electrons. The number of ether oxygens (including phenoxy) is 7. The van der Waals surface area contributed by atoms with Crippen molar-refractivity contribution in [3.8, 4) is 5.75 Å². The van der Waals surface area contributed by atoms with Gasteiger partial charge in [0.15, 0.2) is 18.8 Å². The van der Waals surface area contributed by atoms with E-state index in [4.69, 9.17) is 33.2 Å². The SMILES string of the molecule is CC[C@H]1OC(=O)[C@H](C)[C@@H](O[C@H]2C[C@@](C)(OC)[C@@H](O)[C@H](C)O2)[C@H](C)[C@@H](O[C@H]2C[C@@H](N(C)CCc3cn(C[C@@H](F)COc4ccc([N+](=O)[O-])cc4)nn3)C[C@@H](C)O2)[C@](C)(O)C[C@@H](C)CN(C)[C@H](C)[C@@H](O)[C@]1(C)O. The van der Waals surface area contributed by atoms with Gasteiger partial charge in [-0.2, -0.15) is 0 Å². The minimum absolute atomic E-state index is 0.0245. The number of nitro groups is 1. The van der Waals surface area contributed by atoms with Crippen LogP contribution in [0.15, 0.2) is 30.5 Å². The van der Waals surface area contributed by atoms with Gasteiger partial charge >= 0.3 is 5.97 Å². The Bertz CT molecular complexity index is 2000. The van der Waals surface area contributed by atoms with Gasteiger partial charge in [-0.05, 0) is 99.9 Å². The number of methoxy groups -OCH3 is 1. The topological polar surface area (TPSA) is 243 Å². The number of nitro benzene ring substituents is 1. The quantitative estimate of drug-likeness (QED) is 0.103. The molecule has 3 aliphatic heterocycles. The zero-order valence-corrected chi connectivity index (χ0v) is 44.1. The Morgan fingerprint density at radius 3 is 2.31 bits per heavy atom. The molecule has 2 aromatic rings. The molecule has 5 rings (SSSR count). The lowest BCUT2D eigenvalue weighted by molar-refractivity contribution is -0.384. The third kappa shape index (κ3) is 14.9. The molecule has 71 heavy (non-hydrogen) atoms. The summed E-state index contributed by atoms with van der Waals surface area (Å²) in [6.07, 6.45) is -5.59. The molecule has 404 valence electrons. The van der Waals surface area contributed by atoms with Gasteiger partial charge < -0.3 is 63.4 Å². The Labute approximate surface area is 418 Å². The van der Waals surface area contributed by atoms with Crippen LogP contribution in [0.2, 0.25) is 0 Å². The zero-order chi connectivity index (χ0) is 52.7. The number of non-ortho nitro benzene ring substituents is 1. The number of nitrogens with zero attached hydrogens (tertiary/aromatic N) is 6. The highest BCUT2D eigenvalue weighted by atomic mass is 19.1. The number of aromatic nitrogens is 3. The molecule has 0 spiro atoms. The van der Waals surface area contributed by atoms with Crippen molar-refractivity contribution >= 4 is 11.7 Å². The van der Waals surface area contributed by atoms with Crippen molar-refractivity contribution in [1.29, 1.82) is 0 Å². The van der Waals surface area contributed by atoms with Crippen LogP contribution in [0, 0.1) is 27.9 Å². The van der Waals surface area contributed by atoms with Gasteiger partial charge in [0, 0.05) is 75.8 Å². The number of aliphatic hydroxyl groups excluding tert-OH is 2. The second-order valence-corrected chi connectivity index (χ2v) is 21.4. The van der Waals surface area contributed by atoms with Gasteiger partial charge in [0.05, 0.1) is 58.7 Å². The fourth-order valence-corrected chi connectivity index (χ4v) is 10.7. The maximum absolute atomic E-state index is 14.9. The normalized spacial score (nSPS) is 38.8. The molecule has 0 unspecified atom stereocenters. The highest BCUT2D eigenvalue weighted by Gasteiger charge is 2.52. The van der Waals surface area contributed by atoms with Crippen molar-refractivity contribution in [1.82, 2.24) is 24.8 Å². The summed E-state index contributed by atoms with van der Waals surface area (Å²) in [5.41, 5.74) is -3.84. The number of carbonyl (C=O) groups excluding carboxylic acids is 1. The predicted octanol–water partition coefficient (Wildman–Crippen LogP) is 4.46. The summed E-state index contributed by atoms with van der Waals surface area (Å²) in [6.45, 7) is 18.4. The van der Waals surface area contributed by atoms with Crippen LogP contribution in [0.1, 0.15) is 107 Å². The maximum atomic E-state index is 14.9. The van der Waals surface area contributed by atoms with Gasteiger partial charge in [0.25, 0.3) is 5.69 Å². The molecule has 0 bridgehead atoms. The zero-order valence-electron chi connectivity index (χ0n) is 44.1. The van der Waals surface area contributed by atoms with Crippen LogP contribution in [-0.4, -0.2) is 187 Å². The number of aliphatic hydroxyl groups is 4. The monoisotopic (exact) mass is 1010 g/mol. The van der Waals surface area contributed by atoms with E-state index < -0.39 is 101 Å². The van der Waals surface area contributed by atoms with Gasteiger partial charge in [0.2, 0.25) is 0 Å². The Balaban J connectivity index is 1.36. The van der Waals surface area contributed by atoms with E-state index in [1.807, 2.05) is 39.8 Å². The van der Waals surface area contributed by atoms with Crippen LogP contribution < -0.4 is 4.74 Å². The van der Waals surface area contributed by atoms with Crippen LogP contribution >= 0.6 is 0 Å². The first-order valence-corrected chi connectivity index (χ1v) is 25.2. The molecule has 1 aromatic carbocycles. The summed E-state index contributed by atoms with van der Waals surface area (Å²) in [5.74, 6) is -2.29. The van der Waals surface area contributed by atoms with Crippen molar-refractivity contribution in [2.24, 2.45) is 17.8 Å². The summed E-state index contributed by atoms with van der Waals surface area (Å²) < 4.78 is 60.3. The molecule has 18 atom stereocenters. The van der Waals surface area contributed by atoms with E-state index in [0.29, 0.717) is 43.8 Å². The van der Waals surface area contributed by atoms with Crippen LogP contribution in [0.4, 0.5) is 10.1 Å². The fourth-order valence-electron chi connectivity index (χ4n) is 10.7. The minimum Gasteiger partial charge on any atom is -0.490 e. The smallest absolute Gasteiger partial charge is 0.311 e. The maximum Gasteiger partial charge on any atom is 0.311 e. The van der Waals surface area contributed by atoms with E-state index in [2.05, 4.69) is 15.2 Å². The van der Waals surface area contributed by atoms with Crippen molar-refractivity contribution in [2.45, 2.75) is 205 Å². The van der Waals surface area contributed by atoms with E-state index in [-0.39, 0.29) is 56.2 Å². The molecule has 21 heteroatoms. The first-order valence-electron chi connectivity index (χ1n) is 25.2. The number of benzene rings is 1. The second kappa shape index (κ2) is 24.7. The van der Waals surface area contributed by atoms with Crippen LogP contribution in [0.5, 0.6) is 5.75 Å². The molecule has 0 amide bonds. The van der Waals surface area contributed by atoms with Gasteiger partial charge in [-0.1, -0.05) is 26.0 Å².